The van der Waals surface area contributed by atoms with Crippen molar-refractivity contribution in [2.24, 2.45) is 0 Å². The summed E-state index contributed by atoms with van der Waals surface area (Å²) in [6.07, 6.45) is -6.87. The maximum Gasteiger partial charge on any atom is 0.204 e. The molecule has 2 heterocycles. The van der Waals surface area contributed by atoms with Crippen molar-refractivity contribution in [3.8, 4) is 11.5 Å². The number of fused-ring (bicyclic) bond motifs is 2. The Morgan fingerprint density at radius 3 is 2.48 bits per heavy atom. The zero-order valence-corrected chi connectivity index (χ0v) is 15.3. The fraction of sp³-hybridized carbons (Fsp3) is 0.350. The van der Waals surface area contributed by atoms with Gasteiger partial charge in [-0.3, -0.25) is 4.79 Å². The van der Waals surface area contributed by atoms with Crippen LogP contribution in [-0.2, 0) is 4.74 Å². The van der Waals surface area contributed by atoms with Gasteiger partial charge in [-0.15, -0.1) is 0 Å². The van der Waals surface area contributed by atoms with E-state index in [1.165, 1.54) is 25.3 Å². The summed E-state index contributed by atoms with van der Waals surface area (Å²) in [5.74, 6) is 0.0644. The molecule has 5 atom stereocenters. The number of methoxy groups -OCH3 is 1. The lowest BCUT2D eigenvalue weighted by Crippen LogP contribution is -2.55. The van der Waals surface area contributed by atoms with Gasteiger partial charge in [-0.1, -0.05) is 0 Å². The summed E-state index contributed by atoms with van der Waals surface area (Å²) >= 11 is 0. The maximum absolute atomic E-state index is 12.9. The van der Waals surface area contributed by atoms with Crippen molar-refractivity contribution in [3.63, 3.8) is 0 Å². The van der Waals surface area contributed by atoms with Crippen molar-refractivity contribution in [2.75, 3.05) is 13.7 Å². The Kier molecular flexibility index (Phi) is 4.93. The Hall–Kier alpha value is -2.69. The molecule has 0 aliphatic carbocycles. The molecule has 0 amide bonds. The summed E-state index contributed by atoms with van der Waals surface area (Å²) in [5, 5.41) is 50.3. The molecule has 5 N–H and O–H groups in total. The van der Waals surface area contributed by atoms with E-state index < -0.39 is 48.3 Å². The Labute approximate surface area is 164 Å². The van der Waals surface area contributed by atoms with E-state index in [1.807, 2.05) is 0 Å². The number of aromatic hydroxyl groups is 1. The van der Waals surface area contributed by atoms with E-state index in [0.717, 1.165) is 0 Å². The summed E-state index contributed by atoms with van der Waals surface area (Å²) in [5.41, 5.74) is 0.0780. The molecule has 1 fully saturated rings. The van der Waals surface area contributed by atoms with E-state index in [2.05, 4.69) is 0 Å². The Morgan fingerprint density at radius 1 is 1.03 bits per heavy atom. The number of hydrogen-bond donors (Lipinski definition) is 5. The van der Waals surface area contributed by atoms with Crippen LogP contribution in [0.15, 0.2) is 39.5 Å². The zero-order chi connectivity index (χ0) is 20.9. The molecule has 29 heavy (non-hydrogen) atoms. The minimum atomic E-state index is -1.57. The molecule has 1 aromatic heterocycles. The zero-order valence-electron chi connectivity index (χ0n) is 15.3. The molecular weight excluding hydrogens is 384 g/mol. The minimum absolute atomic E-state index is 0.0552. The first-order valence-corrected chi connectivity index (χ1v) is 8.93. The van der Waals surface area contributed by atoms with E-state index in [-0.39, 0.29) is 27.5 Å². The van der Waals surface area contributed by atoms with Gasteiger partial charge in [0.05, 0.1) is 19.1 Å². The molecule has 154 valence electrons. The highest BCUT2D eigenvalue weighted by atomic mass is 16.5. The van der Waals surface area contributed by atoms with Crippen LogP contribution in [0.4, 0.5) is 0 Å². The average molecular weight is 404 g/mol. The molecule has 0 radical (unpaired) electrons. The van der Waals surface area contributed by atoms with Gasteiger partial charge < -0.3 is 39.4 Å². The number of benzene rings is 2. The summed E-state index contributed by atoms with van der Waals surface area (Å²) in [6.45, 7) is -0.581. The van der Waals surface area contributed by atoms with Gasteiger partial charge in [0.2, 0.25) is 5.43 Å². The van der Waals surface area contributed by atoms with Crippen LogP contribution in [0.3, 0.4) is 0 Å². The SMILES string of the molecule is COc1ccc2oc3cc([C@@H]4O[C@H](CO)[C@@H](O)[C@H](O)[C@H]4O)cc(O)c3c(=O)c2c1. The van der Waals surface area contributed by atoms with Crippen molar-refractivity contribution in [2.45, 2.75) is 30.5 Å². The predicted molar refractivity (Wildman–Crippen MR) is 101 cm³/mol. The largest absolute Gasteiger partial charge is 0.507 e. The number of rotatable bonds is 3. The quantitative estimate of drug-likeness (QED) is 0.385. The topological polar surface area (TPSA) is 150 Å². The van der Waals surface area contributed by atoms with Crippen LogP contribution >= 0.6 is 0 Å². The van der Waals surface area contributed by atoms with Crippen molar-refractivity contribution in [1.29, 1.82) is 0 Å². The Balaban J connectivity index is 1.87. The lowest BCUT2D eigenvalue weighted by atomic mass is 9.90. The Bertz CT molecular complexity index is 1120. The van der Waals surface area contributed by atoms with Crippen LogP contribution in [-0.4, -0.2) is 63.7 Å². The second kappa shape index (κ2) is 7.29. The summed E-state index contributed by atoms with van der Waals surface area (Å²) < 4.78 is 16.4. The number of phenols is 1. The molecule has 1 aliphatic rings. The highest BCUT2D eigenvalue weighted by molar-refractivity contribution is 5.93. The molecule has 0 bridgehead atoms. The number of hydrogen-bond acceptors (Lipinski definition) is 9. The fourth-order valence-corrected chi connectivity index (χ4v) is 3.63. The fourth-order valence-electron chi connectivity index (χ4n) is 3.63. The standard InChI is InChI=1S/C20H20O9/c1-27-9-2-3-12-10(6-9)16(23)15-11(22)4-8(5-13(15)28-12)20-19(26)18(25)17(24)14(7-21)29-20/h2-6,14,17-22,24-26H,7H2,1H3/t14-,17-,18+,19-,20+/m1/s1. The highest BCUT2D eigenvalue weighted by Gasteiger charge is 2.44. The molecule has 3 aromatic rings. The van der Waals surface area contributed by atoms with Gasteiger partial charge in [-0.25, -0.2) is 0 Å². The van der Waals surface area contributed by atoms with E-state index in [0.29, 0.717) is 5.75 Å². The highest BCUT2D eigenvalue weighted by Crippen LogP contribution is 2.37. The van der Waals surface area contributed by atoms with Crippen LogP contribution in [0.5, 0.6) is 11.5 Å². The van der Waals surface area contributed by atoms with Crippen LogP contribution in [0.2, 0.25) is 0 Å². The normalized spacial score (nSPS) is 27.4. The molecule has 0 unspecified atom stereocenters. The first kappa shape index (κ1) is 19.6. The first-order chi connectivity index (χ1) is 13.8. The molecule has 1 saturated heterocycles. The summed E-state index contributed by atoms with van der Waals surface area (Å²) in [6, 6.07) is 7.32. The minimum Gasteiger partial charge on any atom is -0.507 e. The van der Waals surface area contributed by atoms with E-state index in [1.54, 1.807) is 12.1 Å². The van der Waals surface area contributed by atoms with E-state index in [4.69, 9.17) is 13.9 Å². The first-order valence-electron chi connectivity index (χ1n) is 8.93. The van der Waals surface area contributed by atoms with Gasteiger partial charge in [-0.05, 0) is 35.9 Å². The molecule has 2 aromatic carbocycles. The predicted octanol–water partition coefficient (Wildman–Crippen LogP) is 0.175. The number of ether oxygens (including phenoxy) is 2. The van der Waals surface area contributed by atoms with Gasteiger partial charge in [0.15, 0.2) is 0 Å². The van der Waals surface area contributed by atoms with Gasteiger partial charge in [0.1, 0.15) is 58.6 Å². The molecule has 0 saturated carbocycles. The molecule has 4 rings (SSSR count). The smallest absolute Gasteiger partial charge is 0.204 e. The third-order valence-corrected chi connectivity index (χ3v) is 5.20. The average Bonchev–Trinajstić information content (AvgIpc) is 2.71. The monoisotopic (exact) mass is 404 g/mol. The summed E-state index contributed by atoms with van der Waals surface area (Å²) in [4.78, 5) is 12.9. The molecule has 9 nitrogen and oxygen atoms in total. The van der Waals surface area contributed by atoms with Crippen LogP contribution < -0.4 is 10.2 Å². The number of phenolic OH excluding ortho intramolecular Hbond substituents is 1. The lowest BCUT2D eigenvalue weighted by Gasteiger charge is -2.40. The maximum atomic E-state index is 12.9. The lowest BCUT2D eigenvalue weighted by molar-refractivity contribution is -0.231. The van der Waals surface area contributed by atoms with Gasteiger partial charge in [-0.2, -0.15) is 0 Å². The van der Waals surface area contributed by atoms with Crippen molar-refractivity contribution in [1.82, 2.24) is 0 Å². The number of aliphatic hydroxyl groups is 4. The molecular formula is C20H20O9. The van der Waals surface area contributed by atoms with Crippen LogP contribution in [0, 0.1) is 0 Å². The van der Waals surface area contributed by atoms with Gasteiger partial charge in [0, 0.05) is 0 Å². The molecule has 9 heteroatoms. The molecule has 0 spiro atoms. The number of aliphatic hydroxyl groups excluding tert-OH is 4. The van der Waals surface area contributed by atoms with Crippen LogP contribution in [0.1, 0.15) is 11.7 Å². The third kappa shape index (κ3) is 3.13. The second-order valence-electron chi connectivity index (χ2n) is 6.96. The molecule has 1 aliphatic heterocycles. The van der Waals surface area contributed by atoms with Crippen molar-refractivity contribution >= 4 is 21.9 Å². The van der Waals surface area contributed by atoms with E-state index >= 15 is 0 Å². The van der Waals surface area contributed by atoms with E-state index in [9.17, 15) is 30.3 Å². The van der Waals surface area contributed by atoms with Gasteiger partial charge in [0.25, 0.3) is 0 Å². The summed E-state index contributed by atoms with van der Waals surface area (Å²) in [7, 11) is 1.47. The van der Waals surface area contributed by atoms with Crippen molar-refractivity contribution in [3.05, 3.63) is 46.1 Å². The van der Waals surface area contributed by atoms with Crippen molar-refractivity contribution < 1.29 is 39.4 Å². The van der Waals surface area contributed by atoms with Crippen LogP contribution in [0.25, 0.3) is 21.9 Å². The second-order valence-corrected chi connectivity index (χ2v) is 6.96. The Morgan fingerprint density at radius 2 is 1.79 bits per heavy atom. The van der Waals surface area contributed by atoms with Gasteiger partial charge >= 0.3 is 0 Å². The third-order valence-electron chi connectivity index (χ3n) is 5.20.